The number of halogens is 1. The molecule has 0 bridgehead atoms. The van der Waals surface area contributed by atoms with Gasteiger partial charge in [0.2, 0.25) is 0 Å². The number of rotatable bonds is 7. The van der Waals surface area contributed by atoms with E-state index in [1.165, 1.54) is 5.56 Å². The average molecular weight is 599 g/mol. The van der Waals surface area contributed by atoms with Gasteiger partial charge in [0.1, 0.15) is 6.61 Å². The third kappa shape index (κ3) is 5.01. The second-order valence-electron chi connectivity index (χ2n) is 10.6. The van der Waals surface area contributed by atoms with Crippen LogP contribution in [-0.2, 0) is 22.7 Å². The highest BCUT2D eigenvalue weighted by Gasteiger charge is 2.43. The summed E-state index contributed by atoms with van der Waals surface area (Å²) in [5, 5.41) is 0. The van der Waals surface area contributed by atoms with Gasteiger partial charge in [-0.1, -0.05) is 60.7 Å². The summed E-state index contributed by atoms with van der Waals surface area (Å²) >= 11 is 3.72. The number of hydrogen-bond acceptors (Lipinski definition) is 5. The van der Waals surface area contributed by atoms with E-state index < -0.39 is 5.92 Å². The summed E-state index contributed by atoms with van der Waals surface area (Å²) in [5.41, 5.74) is 6.76. The highest BCUT2D eigenvalue weighted by atomic mass is 79.9. The van der Waals surface area contributed by atoms with Crippen molar-refractivity contribution < 1.29 is 19.1 Å². The Kier molecular flexibility index (Phi) is 7.61. The van der Waals surface area contributed by atoms with Crippen LogP contribution in [0.1, 0.15) is 61.1 Å². The molecule has 5 nitrogen and oxygen atoms in total. The quantitative estimate of drug-likeness (QED) is 0.280. The number of ketones is 2. The fourth-order valence-electron chi connectivity index (χ4n) is 6.28. The van der Waals surface area contributed by atoms with Crippen molar-refractivity contribution in [3.63, 3.8) is 0 Å². The lowest BCUT2D eigenvalue weighted by Gasteiger charge is -2.44. The van der Waals surface area contributed by atoms with Crippen molar-refractivity contribution in [1.29, 1.82) is 0 Å². The molecule has 0 amide bonds. The van der Waals surface area contributed by atoms with E-state index in [1.54, 1.807) is 7.11 Å². The topological polar surface area (TPSA) is 55.8 Å². The molecule has 6 rings (SSSR count). The Hall–Kier alpha value is -3.64. The molecular formula is C34H32BrNO4. The maximum Gasteiger partial charge on any atom is 0.175 e. The molecule has 0 saturated heterocycles. The Morgan fingerprint density at radius 2 is 1.38 bits per heavy atom. The Morgan fingerprint density at radius 3 is 1.95 bits per heavy atom. The monoisotopic (exact) mass is 597 g/mol. The van der Waals surface area contributed by atoms with Gasteiger partial charge in [0, 0.05) is 47.8 Å². The highest BCUT2D eigenvalue weighted by Crippen LogP contribution is 2.51. The molecule has 2 aliphatic carbocycles. The fourth-order valence-corrected chi connectivity index (χ4v) is 6.86. The Bertz CT molecular complexity index is 1470. The zero-order valence-electron chi connectivity index (χ0n) is 22.6. The van der Waals surface area contributed by atoms with Crippen molar-refractivity contribution in [3.05, 3.63) is 116 Å². The van der Waals surface area contributed by atoms with Crippen LogP contribution in [0.4, 0.5) is 0 Å². The van der Waals surface area contributed by atoms with Crippen LogP contribution < -0.4 is 9.47 Å². The van der Waals surface area contributed by atoms with Gasteiger partial charge >= 0.3 is 0 Å². The Morgan fingerprint density at radius 1 is 0.800 bits per heavy atom. The molecule has 0 unspecified atom stereocenters. The van der Waals surface area contributed by atoms with Gasteiger partial charge in [0.25, 0.3) is 0 Å². The molecule has 0 radical (unpaired) electrons. The van der Waals surface area contributed by atoms with E-state index in [2.05, 4.69) is 33.0 Å². The van der Waals surface area contributed by atoms with Gasteiger partial charge < -0.3 is 14.4 Å². The highest BCUT2D eigenvalue weighted by molar-refractivity contribution is 9.10. The zero-order valence-corrected chi connectivity index (χ0v) is 24.2. The molecule has 0 spiro atoms. The minimum absolute atomic E-state index is 0.133. The van der Waals surface area contributed by atoms with Gasteiger partial charge in [-0.3, -0.25) is 9.59 Å². The standard InChI is InChI=1S/C34H32BrNO4/c1-39-30-19-24(18-25(35)34(30)40-21-23-12-6-3-7-13-23)31-32-26(14-8-16-28(32)37)36(20-22-10-4-2-5-11-22)27-15-9-17-29(38)33(27)31/h2-7,10-13,18-19,31H,8-9,14-17,20-21H2,1H3. The number of carbonyl (C=O) groups excluding carboxylic acids is 2. The van der Waals surface area contributed by atoms with E-state index in [0.29, 0.717) is 37.5 Å². The lowest BCUT2D eigenvalue weighted by Crippen LogP contribution is -2.38. The largest absolute Gasteiger partial charge is 0.493 e. The summed E-state index contributed by atoms with van der Waals surface area (Å²) in [6, 6.07) is 24.2. The van der Waals surface area contributed by atoms with Crippen molar-refractivity contribution in [2.45, 2.75) is 57.6 Å². The van der Waals surface area contributed by atoms with Crippen molar-refractivity contribution in [3.8, 4) is 11.5 Å². The first-order chi connectivity index (χ1) is 19.5. The maximum absolute atomic E-state index is 13.7. The third-order valence-electron chi connectivity index (χ3n) is 8.08. The molecule has 0 saturated carbocycles. The van der Waals surface area contributed by atoms with E-state index >= 15 is 0 Å². The number of carbonyl (C=O) groups is 2. The molecule has 0 atom stereocenters. The smallest absolute Gasteiger partial charge is 0.175 e. The summed E-state index contributed by atoms with van der Waals surface area (Å²) < 4.78 is 12.7. The van der Waals surface area contributed by atoms with Gasteiger partial charge in [-0.25, -0.2) is 0 Å². The second kappa shape index (κ2) is 11.5. The number of nitrogens with zero attached hydrogens (tertiary/aromatic N) is 1. The summed E-state index contributed by atoms with van der Waals surface area (Å²) in [5.74, 6) is 1.03. The molecular weight excluding hydrogens is 566 g/mol. The molecule has 3 aliphatic rings. The zero-order chi connectivity index (χ0) is 27.6. The molecule has 0 fully saturated rings. The fraction of sp³-hybridized carbons (Fsp3) is 0.294. The van der Waals surface area contributed by atoms with Crippen LogP contribution in [0.2, 0.25) is 0 Å². The van der Waals surface area contributed by atoms with Crippen LogP contribution in [-0.4, -0.2) is 23.6 Å². The Labute approximate surface area is 243 Å². The molecule has 0 aromatic heterocycles. The van der Waals surface area contributed by atoms with E-state index in [1.807, 2.05) is 60.7 Å². The van der Waals surface area contributed by atoms with Gasteiger partial charge in [0.15, 0.2) is 23.1 Å². The first kappa shape index (κ1) is 26.6. The van der Waals surface area contributed by atoms with Gasteiger partial charge in [0.05, 0.1) is 11.6 Å². The molecule has 1 heterocycles. The summed E-state index contributed by atoms with van der Waals surface area (Å²) in [6.07, 6.45) is 4.30. The van der Waals surface area contributed by atoms with Crippen molar-refractivity contribution >= 4 is 27.5 Å². The molecule has 0 N–H and O–H groups in total. The minimum atomic E-state index is -0.411. The number of ether oxygens (including phenoxy) is 2. The minimum Gasteiger partial charge on any atom is -0.493 e. The first-order valence-corrected chi connectivity index (χ1v) is 14.7. The lowest BCUT2D eigenvalue weighted by atomic mass is 9.71. The molecule has 3 aromatic rings. The molecule has 3 aromatic carbocycles. The number of allylic oxidation sites excluding steroid dienone is 4. The number of hydrogen-bond donors (Lipinski definition) is 0. The van der Waals surface area contributed by atoms with Crippen molar-refractivity contribution in [2.24, 2.45) is 0 Å². The van der Waals surface area contributed by atoms with Crippen LogP contribution in [0, 0.1) is 0 Å². The van der Waals surface area contributed by atoms with Crippen LogP contribution in [0.3, 0.4) is 0 Å². The van der Waals surface area contributed by atoms with Crippen molar-refractivity contribution in [1.82, 2.24) is 4.90 Å². The van der Waals surface area contributed by atoms with Crippen molar-refractivity contribution in [2.75, 3.05) is 7.11 Å². The summed E-state index contributed by atoms with van der Waals surface area (Å²) in [7, 11) is 1.62. The number of Topliss-reactive ketones (excluding diaryl/α,β-unsaturated/α-hetero) is 2. The summed E-state index contributed by atoms with van der Waals surface area (Å²) in [6.45, 7) is 1.06. The third-order valence-corrected chi connectivity index (χ3v) is 8.67. The second-order valence-corrected chi connectivity index (χ2v) is 11.4. The van der Waals surface area contributed by atoms with E-state index in [9.17, 15) is 9.59 Å². The first-order valence-electron chi connectivity index (χ1n) is 13.9. The van der Waals surface area contributed by atoms with E-state index in [0.717, 1.165) is 63.8 Å². The van der Waals surface area contributed by atoms with Crippen LogP contribution in [0.5, 0.6) is 11.5 Å². The van der Waals surface area contributed by atoms with Gasteiger partial charge in [-0.2, -0.15) is 0 Å². The van der Waals surface area contributed by atoms with Crippen LogP contribution >= 0.6 is 15.9 Å². The average Bonchev–Trinajstić information content (AvgIpc) is 2.98. The maximum atomic E-state index is 13.7. The SMILES string of the molecule is COc1cc(C2C3=C(CCCC3=O)N(Cc3ccccc3)C3=C2C(=O)CCC3)cc(Br)c1OCc1ccccc1. The van der Waals surface area contributed by atoms with E-state index in [-0.39, 0.29) is 11.6 Å². The Balaban J connectivity index is 1.45. The van der Waals surface area contributed by atoms with Gasteiger partial charge in [-0.05, 0) is 70.4 Å². The molecule has 204 valence electrons. The van der Waals surface area contributed by atoms with Gasteiger partial charge in [-0.15, -0.1) is 0 Å². The predicted molar refractivity (Wildman–Crippen MR) is 158 cm³/mol. The lowest BCUT2D eigenvalue weighted by molar-refractivity contribution is -0.117. The van der Waals surface area contributed by atoms with Crippen LogP contribution in [0.25, 0.3) is 0 Å². The van der Waals surface area contributed by atoms with E-state index in [4.69, 9.17) is 9.47 Å². The summed E-state index contributed by atoms with van der Waals surface area (Å²) in [4.78, 5) is 29.6. The number of benzene rings is 3. The number of methoxy groups -OCH3 is 1. The predicted octanol–water partition coefficient (Wildman–Crippen LogP) is 7.65. The molecule has 1 aliphatic heterocycles. The normalized spacial score (nSPS) is 17.6. The molecule has 6 heteroatoms. The molecule has 40 heavy (non-hydrogen) atoms. The van der Waals surface area contributed by atoms with Crippen LogP contribution in [0.15, 0.2) is 99.8 Å².